The second kappa shape index (κ2) is 6.41. The van der Waals surface area contributed by atoms with Crippen molar-refractivity contribution < 1.29 is 19.8 Å². The van der Waals surface area contributed by atoms with E-state index in [0.29, 0.717) is 12.1 Å². The molecule has 2 amide bonds. The van der Waals surface area contributed by atoms with Crippen LogP contribution in [0.25, 0.3) is 0 Å². The van der Waals surface area contributed by atoms with E-state index < -0.39 is 12.1 Å². The molecule has 2 bridgehead atoms. The molecule has 0 aromatic carbocycles. The van der Waals surface area contributed by atoms with Crippen LogP contribution in [0, 0.1) is 0 Å². The van der Waals surface area contributed by atoms with Crippen LogP contribution in [0.4, 0.5) is 4.79 Å². The third-order valence-corrected chi connectivity index (χ3v) is 4.41. The molecule has 2 heterocycles. The molecule has 2 aliphatic heterocycles. The molecule has 3 unspecified atom stereocenters. The Kier molecular flexibility index (Phi) is 4.82. The monoisotopic (exact) mass is 285 g/mol. The van der Waals surface area contributed by atoms with E-state index in [9.17, 15) is 9.59 Å². The summed E-state index contributed by atoms with van der Waals surface area (Å²) in [5.41, 5.74) is 0. The third kappa shape index (κ3) is 3.40. The zero-order chi connectivity index (χ0) is 14.7. The summed E-state index contributed by atoms with van der Waals surface area (Å²) in [6, 6.07) is 0.841. The lowest BCUT2D eigenvalue weighted by Crippen LogP contribution is -2.45. The number of hydrogen-bond acceptors (Lipinski definition) is 4. The fraction of sp³-hybridized carbons (Fsp3) is 0.846. The van der Waals surface area contributed by atoms with Crippen LogP contribution in [0.2, 0.25) is 0 Å². The Morgan fingerprint density at radius 1 is 1.30 bits per heavy atom. The molecule has 2 aliphatic rings. The van der Waals surface area contributed by atoms with E-state index in [1.165, 1.54) is 6.42 Å². The van der Waals surface area contributed by atoms with Gasteiger partial charge in [0, 0.05) is 38.1 Å². The van der Waals surface area contributed by atoms with Gasteiger partial charge in [-0.3, -0.25) is 4.90 Å². The molecule has 0 aromatic heterocycles. The molecule has 7 nitrogen and oxygen atoms in total. The van der Waals surface area contributed by atoms with Crippen molar-refractivity contribution in [3.63, 3.8) is 0 Å². The van der Waals surface area contributed by atoms with Crippen molar-refractivity contribution in [2.75, 3.05) is 26.7 Å². The highest BCUT2D eigenvalue weighted by atomic mass is 16.4. The normalized spacial score (nSPS) is 28.0. The minimum absolute atomic E-state index is 0.0286. The Morgan fingerprint density at radius 3 is 2.70 bits per heavy atom. The van der Waals surface area contributed by atoms with Gasteiger partial charge in [0.2, 0.25) is 0 Å². The number of aliphatic carboxylic acids is 1. The molecular weight excluding hydrogens is 262 g/mol. The number of aliphatic hydroxyl groups excluding tert-OH is 1. The van der Waals surface area contributed by atoms with Gasteiger partial charge in [0.25, 0.3) is 0 Å². The Balaban J connectivity index is 1.77. The van der Waals surface area contributed by atoms with E-state index in [4.69, 9.17) is 10.2 Å². The van der Waals surface area contributed by atoms with Gasteiger partial charge in [0.15, 0.2) is 6.10 Å². The number of fused-ring (bicyclic) bond motifs is 2. The van der Waals surface area contributed by atoms with E-state index in [0.717, 1.165) is 25.9 Å². The van der Waals surface area contributed by atoms with Gasteiger partial charge in [-0.2, -0.15) is 0 Å². The van der Waals surface area contributed by atoms with Gasteiger partial charge >= 0.3 is 12.0 Å². The summed E-state index contributed by atoms with van der Waals surface area (Å²) in [5, 5.41) is 20.4. The highest BCUT2D eigenvalue weighted by Crippen LogP contribution is 2.28. The minimum Gasteiger partial charge on any atom is -0.479 e. The standard InChI is InChI=1S/C13H23N3O4/c1-15-9-2-3-10(15)8-16(7-5-9)13(20)14-6-4-11(17)12(18)19/h9-11,17H,2-8H2,1H3,(H,14,20)(H,18,19). The summed E-state index contributed by atoms with van der Waals surface area (Å²) in [5.74, 6) is -1.26. The molecule has 20 heavy (non-hydrogen) atoms. The summed E-state index contributed by atoms with van der Waals surface area (Å²) in [6.45, 7) is 1.63. The zero-order valence-corrected chi connectivity index (χ0v) is 11.8. The molecule has 0 aromatic rings. The van der Waals surface area contributed by atoms with Crippen LogP contribution in [-0.2, 0) is 4.79 Å². The van der Waals surface area contributed by atoms with Crippen molar-refractivity contribution >= 4 is 12.0 Å². The first-order valence-corrected chi connectivity index (χ1v) is 7.14. The summed E-state index contributed by atoms with van der Waals surface area (Å²) < 4.78 is 0. The van der Waals surface area contributed by atoms with Gasteiger partial charge in [-0.1, -0.05) is 0 Å². The van der Waals surface area contributed by atoms with Crippen molar-refractivity contribution in [3.05, 3.63) is 0 Å². The number of nitrogens with one attached hydrogen (secondary N) is 1. The van der Waals surface area contributed by atoms with E-state index in [2.05, 4.69) is 17.3 Å². The summed E-state index contributed by atoms with van der Waals surface area (Å²) >= 11 is 0. The average molecular weight is 285 g/mol. The fourth-order valence-corrected chi connectivity index (χ4v) is 3.04. The first kappa shape index (κ1) is 15.1. The molecule has 7 heteroatoms. The summed E-state index contributed by atoms with van der Waals surface area (Å²) in [7, 11) is 2.12. The molecule has 3 N–H and O–H groups in total. The number of rotatable bonds is 4. The van der Waals surface area contributed by atoms with Crippen LogP contribution >= 0.6 is 0 Å². The second-order valence-electron chi connectivity index (χ2n) is 5.66. The topological polar surface area (TPSA) is 93.1 Å². The van der Waals surface area contributed by atoms with Crippen molar-refractivity contribution in [2.24, 2.45) is 0 Å². The van der Waals surface area contributed by atoms with E-state index >= 15 is 0 Å². The second-order valence-corrected chi connectivity index (χ2v) is 5.66. The predicted octanol–water partition coefficient (Wildman–Crippen LogP) is -0.300. The lowest BCUT2D eigenvalue weighted by Gasteiger charge is -2.26. The lowest BCUT2D eigenvalue weighted by molar-refractivity contribution is -0.146. The van der Waals surface area contributed by atoms with Crippen molar-refractivity contribution in [1.82, 2.24) is 15.1 Å². The number of carbonyl (C=O) groups excluding carboxylic acids is 1. The number of amides is 2. The van der Waals surface area contributed by atoms with Crippen LogP contribution in [0.5, 0.6) is 0 Å². The van der Waals surface area contributed by atoms with Crippen molar-refractivity contribution in [2.45, 2.75) is 43.9 Å². The highest BCUT2D eigenvalue weighted by Gasteiger charge is 2.35. The van der Waals surface area contributed by atoms with E-state index in [1.54, 1.807) is 4.90 Å². The zero-order valence-electron chi connectivity index (χ0n) is 11.8. The Bertz CT molecular complexity index is 377. The molecule has 0 radical (unpaired) electrons. The number of likely N-dealkylation sites (tertiary alicyclic amines) is 1. The van der Waals surface area contributed by atoms with E-state index in [1.807, 2.05) is 0 Å². The third-order valence-electron chi connectivity index (χ3n) is 4.41. The van der Waals surface area contributed by atoms with Gasteiger partial charge in [-0.05, 0) is 26.3 Å². The molecule has 0 saturated carbocycles. The number of likely N-dealkylation sites (N-methyl/N-ethyl adjacent to an activating group) is 1. The number of carboxylic acids is 1. The van der Waals surface area contributed by atoms with E-state index in [-0.39, 0.29) is 19.0 Å². The molecule has 3 atom stereocenters. The fourth-order valence-electron chi connectivity index (χ4n) is 3.04. The van der Waals surface area contributed by atoms with Crippen LogP contribution in [0.15, 0.2) is 0 Å². The molecule has 114 valence electrons. The Morgan fingerprint density at radius 2 is 2.00 bits per heavy atom. The smallest absolute Gasteiger partial charge is 0.332 e. The summed E-state index contributed by atoms with van der Waals surface area (Å²) in [4.78, 5) is 26.7. The maximum Gasteiger partial charge on any atom is 0.332 e. The van der Waals surface area contributed by atoms with Crippen LogP contribution in [-0.4, -0.2) is 76.9 Å². The number of nitrogens with zero attached hydrogens (tertiary/aromatic N) is 2. The van der Waals surface area contributed by atoms with Crippen LogP contribution < -0.4 is 5.32 Å². The number of carboxylic acid groups (broad SMARTS) is 1. The minimum atomic E-state index is -1.42. The van der Waals surface area contributed by atoms with Crippen molar-refractivity contribution in [1.29, 1.82) is 0 Å². The molecule has 2 fully saturated rings. The van der Waals surface area contributed by atoms with Gasteiger partial charge in [-0.15, -0.1) is 0 Å². The maximum absolute atomic E-state index is 12.1. The number of carbonyl (C=O) groups is 2. The van der Waals surface area contributed by atoms with Crippen molar-refractivity contribution in [3.8, 4) is 0 Å². The quantitative estimate of drug-likeness (QED) is 0.659. The van der Waals surface area contributed by atoms with Gasteiger partial charge in [-0.25, -0.2) is 9.59 Å². The summed E-state index contributed by atoms with van der Waals surface area (Å²) in [6.07, 6.45) is 1.94. The maximum atomic E-state index is 12.1. The largest absolute Gasteiger partial charge is 0.479 e. The Hall–Kier alpha value is -1.34. The predicted molar refractivity (Wildman–Crippen MR) is 72.4 cm³/mol. The average Bonchev–Trinajstić information content (AvgIpc) is 2.62. The van der Waals surface area contributed by atoms with Gasteiger partial charge in [0.05, 0.1) is 0 Å². The number of aliphatic hydroxyl groups is 1. The van der Waals surface area contributed by atoms with Gasteiger partial charge < -0.3 is 20.4 Å². The Labute approximate surface area is 118 Å². The molecule has 2 rings (SSSR count). The molecular formula is C13H23N3O4. The number of urea groups is 1. The first-order chi connectivity index (χ1) is 9.49. The molecule has 0 spiro atoms. The lowest BCUT2D eigenvalue weighted by atomic mass is 10.1. The first-order valence-electron chi connectivity index (χ1n) is 7.14. The number of hydrogen-bond donors (Lipinski definition) is 3. The SMILES string of the molecule is CN1C2CCC1CN(C(=O)NCCC(O)C(=O)O)CC2. The van der Waals surface area contributed by atoms with Crippen LogP contribution in [0.1, 0.15) is 25.7 Å². The molecule has 0 aliphatic carbocycles. The van der Waals surface area contributed by atoms with Gasteiger partial charge in [0.1, 0.15) is 0 Å². The highest BCUT2D eigenvalue weighted by molar-refractivity contribution is 5.75. The van der Waals surface area contributed by atoms with Crippen LogP contribution in [0.3, 0.4) is 0 Å². The molecule has 2 saturated heterocycles.